The molecule has 2 aliphatic rings. The number of nitrogens with one attached hydrogen (secondary N) is 1. The van der Waals surface area contributed by atoms with Crippen molar-refractivity contribution in [2.75, 3.05) is 38.2 Å². The third kappa shape index (κ3) is 4.93. The van der Waals surface area contributed by atoms with Crippen LogP contribution in [-0.2, 0) is 22.7 Å². The number of carbonyl (C=O) groups is 3. The summed E-state index contributed by atoms with van der Waals surface area (Å²) in [6, 6.07) is 14.9. The fourth-order valence-electron chi connectivity index (χ4n) is 4.23. The van der Waals surface area contributed by atoms with Crippen LogP contribution in [0.2, 0.25) is 0 Å². The first-order valence-corrected chi connectivity index (χ1v) is 11.0. The van der Waals surface area contributed by atoms with E-state index < -0.39 is 17.9 Å². The number of para-hydroxylation sites is 2. The van der Waals surface area contributed by atoms with Gasteiger partial charge in [0.15, 0.2) is 0 Å². The van der Waals surface area contributed by atoms with E-state index in [1.54, 1.807) is 27.9 Å². The highest BCUT2D eigenvalue weighted by Gasteiger charge is 2.31. The van der Waals surface area contributed by atoms with Crippen molar-refractivity contribution in [2.45, 2.75) is 25.6 Å². The molecule has 0 spiro atoms. The Morgan fingerprint density at radius 2 is 1.73 bits per heavy atom. The highest BCUT2D eigenvalue weighted by molar-refractivity contribution is 5.95. The van der Waals surface area contributed by atoms with Crippen molar-refractivity contribution >= 4 is 23.5 Å². The van der Waals surface area contributed by atoms with Crippen LogP contribution in [0.3, 0.4) is 0 Å². The van der Waals surface area contributed by atoms with E-state index in [2.05, 4.69) is 5.32 Å². The number of ether oxygens (including phenoxy) is 1. The van der Waals surface area contributed by atoms with Gasteiger partial charge in [0.2, 0.25) is 5.91 Å². The van der Waals surface area contributed by atoms with Gasteiger partial charge in [-0.25, -0.2) is 4.79 Å². The summed E-state index contributed by atoms with van der Waals surface area (Å²) >= 11 is 0. The number of nitrogens with zero attached hydrogens (tertiary/aromatic N) is 3. The third-order valence-electron chi connectivity index (χ3n) is 5.99. The maximum absolute atomic E-state index is 12.8. The van der Waals surface area contributed by atoms with E-state index in [-0.39, 0.29) is 19.0 Å². The van der Waals surface area contributed by atoms with Gasteiger partial charge in [-0.2, -0.15) is 0 Å². The number of anilines is 1. The van der Waals surface area contributed by atoms with Crippen molar-refractivity contribution in [2.24, 2.45) is 0 Å². The van der Waals surface area contributed by atoms with Gasteiger partial charge in [0.25, 0.3) is 5.91 Å². The van der Waals surface area contributed by atoms with E-state index in [0.29, 0.717) is 44.2 Å². The quantitative estimate of drug-likeness (QED) is 0.630. The van der Waals surface area contributed by atoms with Crippen LogP contribution in [0.4, 0.5) is 10.5 Å². The second-order valence-corrected chi connectivity index (χ2v) is 8.13. The molecule has 2 aliphatic heterocycles. The van der Waals surface area contributed by atoms with E-state index >= 15 is 0 Å². The second kappa shape index (κ2) is 9.91. The van der Waals surface area contributed by atoms with Crippen LogP contribution < -0.4 is 15.0 Å². The molecule has 2 N–H and O–H groups in total. The third-order valence-corrected chi connectivity index (χ3v) is 5.99. The van der Waals surface area contributed by atoms with Crippen molar-refractivity contribution in [3.8, 4) is 5.75 Å². The first kappa shape index (κ1) is 22.6. The lowest BCUT2D eigenvalue weighted by Gasteiger charge is -2.21. The number of amides is 4. The average molecular weight is 453 g/mol. The monoisotopic (exact) mass is 452 g/mol. The normalized spacial score (nSPS) is 16.1. The minimum Gasteiger partial charge on any atom is -0.495 e. The number of urea groups is 1. The minimum atomic E-state index is -1.39. The Morgan fingerprint density at radius 1 is 1.06 bits per heavy atom. The van der Waals surface area contributed by atoms with Crippen molar-refractivity contribution < 1.29 is 24.2 Å². The fourth-order valence-corrected chi connectivity index (χ4v) is 4.23. The summed E-state index contributed by atoms with van der Waals surface area (Å²) in [5, 5.41) is 12.9. The number of aliphatic hydroxyl groups is 1. The van der Waals surface area contributed by atoms with Crippen molar-refractivity contribution in [1.82, 2.24) is 15.1 Å². The number of fused-ring (bicyclic) bond motifs is 1. The van der Waals surface area contributed by atoms with Crippen LogP contribution >= 0.6 is 0 Å². The van der Waals surface area contributed by atoms with Gasteiger partial charge in [-0.15, -0.1) is 0 Å². The predicted octanol–water partition coefficient (Wildman–Crippen LogP) is 1.35. The zero-order valence-electron chi connectivity index (χ0n) is 18.6. The molecule has 1 atom stereocenters. The molecule has 4 amide bonds. The summed E-state index contributed by atoms with van der Waals surface area (Å²) in [5.41, 5.74) is 2.82. The Labute approximate surface area is 192 Å². The number of rotatable bonds is 8. The summed E-state index contributed by atoms with van der Waals surface area (Å²) in [7, 11) is 1.56. The van der Waals surface area contributed by atoms with E-state index in [1.165, 1.54) is 0 Å². The molecule has 1 fully saturated rings. The van der Waals surface area contributed by atoms with Crippen LogP contribution in [0.5, 0.6) is 5.75 Å². The van der Waals surface area contributed by atoms with Gasteiger partial charge in [0, 0.05) is 39.3 Å². The van der Waals surface area contributed by atoms with Crippen molar-refractivity contribution in [3.05, 3.63) is 59.7 Å². The Kier molecular flexibility index (Phi) is 6.79. The number of carbonyl (C=O) groups excluding carboxylic acids is 3. The molecule has 0 saturated carbocycles. The summed E-state index contributed by atoms with van der Waals surface area (Å²) in [6.45, 7) is 2.50. The van der Waals surface area contributed by atoms with Crippen LogP contribution in [0.1, 0.15) is 17.5 Å². The molecule has 0 aliphatic carbocycles. The predicted molar refractivity (Wildman–Crippen MR) is 122 cm³/mol. The highest BCUT2D eigenvalue weighted by Crippen LogP contribution is 2.30. The highest BCUT2D eigenvalue weighted by atomic mass is 16.5. The summed E-state index contributed by atoms with van der Waals surface area (Å²) in [6.07, 6.45) is -1.71. The zero-order valence-corrected chi connectivity index (χ0v) is 18.6. The number of hydrogen-bond acceptors (Lipinski definition) is 5. The Balaban J connectivity index is 1.21. The molecule has 33 heavy (non-hydrogen) atoms. The standard InChI is InChI=1S/C24H28N4O5/c1-33-21-9-5-4-8-19(21)28-13-12-26(24(28)32)11-10-25-22(30)14-20(29)23(31)27-15-17-6-2-3-7-18(17)16-27/h2-9,20,29H,10-16H2,1H3,(H,25,30). The van der Waals surface area contributed by atoms with E-state index in [0.717, 1.165) is 11.1 Å². The Morgan fingerprint density at radius 3 is 2.42 bits per heavy atom. The summed E-state index contributed by atoms with van der Waals surface area (Å²) in [4.78, 5) is 42.4. The molecule has 1 unspecified atom stereocenters. The minimum absolute atomic E-state index is 0.155. The summed E-state index contributed by atoms with van der Waals surface area (Å²) < 4.78 is 5.34. The Bertz CT molecular complexity index is 1020. The number of methoxy groups -OCH3 is 1. The SMILES string of the molecule is COc1ccccc1N1CCN(CCNC(=O)CC(O)C(=O)N2Cc3ccccc3C2)C1=O. The zero-order chi connectivity index (χ0) is 23.4. The van der Waals surface area contributed by atoms with E-state index in [9.17, 15) is 19.5 Å². The second-order valence-electron chi connectivity index (χ2n) is 8.13. The smallest absolute Gasteiger partial charge is 0.324 e. The van der Waals surface area contributed by atoms with E-state index in [1.807, 2.05) is 42.5 Å². The molecule has 2 aromatic rings. The molecule has 2 aromatic carbocycles. The molecule has 2 heterocycles. The van der Waals surface area contributed by atoms with Gasteiger partial charge in [-0.1, -0.05) is 36.4 Å². The maximum Gasteiger partial charge on any atom is 0.324 e. The molecule has 0 radical (unpaired) electrons. The van der Waals surface area contributed by atoms with Crippen LogP contribution in [0.25, 0.3) is 0 Å². The molecule has 1 saturated heterocycles. The van der Waals surface area contributed by atoms with Gasteiger partial charge in [0.05, 0.1) is 19.2 Å². The molecule has 0 bridgehead atoms. The summed E-state index contributed by atoms with van der Waals surface area (Å²) in [5.74, 6) is -0.259. The van der Waals surface area contributed by atoms with Gasteiger partial charge < -0.3 is 25.0 Å². The molecular formula is C24H28N4O5. The number of hydrogen-bond donors (Lipinski definition) is 2. The van der Waals surface area contributed by atoms with Crippen LogP contribution in [0, 0.1) is 0 Å². The molecule has 0 aromatic heterocycles. The molecule has 174 valence electrons. The number of aliphatic hydroxyl groups excluding tert-OH is 1. The number of benzene rings is 2. The lowest BCUT2D eigenvalue weighted by molar-refractivity contribution is -0.143. The van der Waals surface area contributed by atoms with Gasteiger partial charge in [-0.3, -0.25) is 14.5 Å². The van der Waals surface area contributed by atoms with Crippen LogP contribution in [0.15, 0.2) is 48.5 Å². The lowest BCUT2D eigenvalue weighted by Crippen LogP contribution is -2.41. The van der Waals surface area contributed by atoms with Crippen molar-refractivity contribution in [3.63, 3.8) is 0 Å². The maximum atomic E-state index is 12.8. The van der Waals surface area contributed by atoms with Crippen molar-refractivity contribution in [1.29, 1.82) is 0 Å². The van der Waals surface area contributed by atoms with E-state index in [4.69, 9.17) is 4.74 Å². The first-order valence-electron chi connectivity index (χ1n) is 11.0. The average Bonchev–Trinajstić information content (AvgIpc) is 3.42. The van der Waals surface area contributed by atoms with Crippen LogP contribution in [-0.4, -0.2) is 72.1 Å². The molecule has 9 heteroatoms. The topological polar surface area (TPSA) is 102 Å². The fraction of sp³-hybridized carbons (Fsp3) is 0.375. The molecular weight excluding hydrogens is 424 g/mol. The van der Waals surface area contributed by atoms with Gasteiger partial charge in [-0.05, 0) is 23.3 Å². The largest absolute Gasteiger partial charge is 0.495 e. The van der Waals surface area contributed by atoms with Gasteiger partial charge in [0.1, 0.15) is 11.9 Å². The first-order chi connectivity index (χ1) is 16.0. The molecule has 9 nitrogen and oxygen atoms in total. The lowest BCUT2D eigenvalue weighted by atomic mass is 10.1. The Hall–Kier alpha value is -3.59. The van der Waals surface area contributed by atoms with Gasteiger partial charge >= 0.3 is 6.03 Å². The molecule has 4 rings (SSSR count).